The molecule has 0 aliphatic carbocycles. The summed E-state index contributed by atoms with van der Waals surface area (Å²) in [5, 5.41) is 9.35. The monoisotopic (exact) mass is 353 g/mol. The average Bonchev–Trinajstić information content (AvgIpc) is 3.14. The molecule has 4 nitrogen and oxygen atoms in total. The molecule has 4 heteroatoms. The van der Waals surface area contributed by atoms with Crippen molar-refractivity contribution in [3.63, 3.8) is 0 Å². The van der Waals surface area contributed by atoms with E-state index in [-0.39, 0.29) is 6.61 Å². The summed E-state index contributed by atoms with van der Waals surface area (Å²) in [6.45, 7) is 0.947. The van der Waals surface area contributed by atoms with Crippen molar-refractivity contribution in [3.05, 3.63) is 84.2 Å². The van der Waals surface area contributed by atoms with E-state index in [0.29, 0.717) is 0 Å². The van der Waals surface area contributed by atoms with Crippen LogP contribution in [0, 0.1) is 0 Å². The zero-order chi connectivity index (χ0) is 18.2. The molecule has 4 aromatic rings. The molecular formula is C23H19N3O. The molecule has 3 heterocycles. The van der Waals surface area contributed by atoms with Crippen molar-refractivity contribution in [2.75, 3.05) is 0 Å². The van der Waals surface area contributed by atoms with Crippen molar-refractivity contribution in [3.8, 4) is 33.9 Å². The third-order valence-corrected chi connectivity index (χ3v) is 5.18. The molecule has 0 fully saturated rings. The first-order valence-corrected chi connectivity index (χ1v) is 9.14. The van der Waals surface area contributed by atoms with Gasteiger partial charge in [-0.2, -0.15) is 0 Å². The molecule has 0 atom stereocenters. The van der Waals surface area contributed by atoms with Crippen LogP contribution in [-0.2, 0) is 19.6 Å². The number of hydrogen-bond donors (Lipinski definition) is 1. The van der Waals surface area contributed by atoms with E-state index in [2.05, 4.69) is 39.9 Å². The molecule has 2 aromatic heterocycles. The fourth-order valence-corrected chi connectivity index (χ4v) is 3.81. The molecule has 0 saturated heterocycles. The zero-order valence-corrected chi connectivity index (χ0v) is 14.8. The molecule has 0 saturated carbocycles. The van der Waals surface area contributed by atoms with Crippen LogP contribution in [0.4, 0.5) is 0 Å². The highest BCUT2D eigenvalue weighted by atomic mass is 16.3. The number of aliphatic hydroxyl groups excluding tert-OH is 1. The number of hydrogen-bond acceptors (Lipinski definition) is 3. The lowest BCUT2D eigenvalue weighted by Gasteiger charge is -2.19. The highest BCUT2D eigenvalue weighted by Crippen LogP contribution is 2.39. The Bertz CT molecular complexity index is 1100. The van der Waals surface area contributed by atoms with Gasteiger partial charge in [-0.1, -0.05) is 54.6 Å². The van der Waals surface area contributed by atoms with Gasteiger partial charge >= 0.3 is 0 Å². The lowest BCUT2D eigenvalue weighted by molar-refractivity contribution is 0.282. The van der Waals surface area contributed by atoms with Crippen molar-refractivity contribution in [1.29, 1.82) is 0 Å². The molecule has 27 heavy (non-hydrogen) atoms. The van der Waals surface area contributed by atoms with Crippen LogP contribution in [0.1, 0.15) is 11.1 Å². The van der Waals surface area contributed by atoms with Crippen LogP contribution >= 0.6 is 0 Å². The Morgan fingerprint density at radius 3 is 2.52 bits per heavy atom. The summed E-state index contributed by atoms with van der Waals surface area (Å²) in [4.78, 5) is 9.38. The quantitative estimate of drug-likeness (QED) is 0.596. The summed E-state index contributed by atoms with van der Waals surface area (Å²) in [5.74, 6) is 0.976. The summed E-state index contributed by atoms with van der Waals surface area (Å²) in [5.41, 5.74) is 7.62. The molecule has 132 valence electrons. The standard InChI is InChI=1S/C23H19N3O/c27-15-16-6-8-18(9-7-16)21-22(19-4-2-1-3-5-19)26-13-11-17-10-12-24-14-20(17)23(26)25-21/h1-10,12,14,27H,11,13,15H2. The lowest BCUT2D eigenvalue weighted by Crippen LogP contribution is -2.12. The second kappa shape index (κ2) is 6.49. The average molecular weight is 353 g/mol. The second-order valence-corrected chi connectivity index (χ2v) is 6.79. The summed E-state index contributed by atoms with van der Waals surface area (Å²) in [7, 11) is 0. The minimum Gasteiger partial charge on any atom is -0.392 e. The molecule has 0 amide bonds. The van der Waals surface area contributed by atoms with Crippen LogP contribution in [0.5, 0.6) is 0 Å². The Kier molecular flexibility index (Phi) is 3.84. The van der Waals surface area contributed by atoms with E-state index >= 15 is 0 Å². The lowest BCUT2D eigenvalue weighted by atomic mass is 10.0. The highest BCUT2D eigenvalue weighted by molar-refractivity contribution is 5.83. The highest BCUT2D eigenvalue weighted by Gasteiger charge is 2.25. The van der Waals surface area contributed by atoms with Crippen LogP contribution in [0.2, 0.25) is 0 Å². The molecule has 0 bridgehead atoms. The van der Waals surface area contributed by atoms with Gasteiger partial charge in [0.1, 0.15) is 5.82 Å². The molecule has 1 aliphatic heterocycles. The first-order chi connectivity index (χ1) is 13.3. The largest absolute Gasteiger partial charge is 0.392 e. The molecular weight excluding hydrogens is 334 g/mol. The van der Waals surface area contributed by atoms with E-state index in [4.69, 9.17) is 4.98 Å². The summed E-state index contributed by atoms with van der Waals surface area (Å²) in [6.07, 6.45) is 4.74. The summed E-state index contributed by atoms with van der Waals surface area (Å²) >= 11 is 0. The summed E-state index contributed by atoms with van der Waals surface area (Å²) < 4.78 is 2.31. The van der Waals surface area contributed by atoms with Crippen molar-refractivity contribution in [2.45, 2.75) is 19.6 Å². The number of pyridine rings is 1. The van der Waals surface area contributed by atoms with Crippen molar-refractivity contribution < 1.29 is 5.11 Å². The molecule has 5 rings (SSSR count). The zero-order valence-electron chi connectivity index (χ0n) is 14.8. The SMILES string of the molecule is OCc1ccc(-c2nc3n(c2-c2ccccc2)CCc2ccncc2-3)cc1. The molecule has 1 N–H and O–H groups in total. The minimum absolute atomic E-state index is 0.0462. The van der Waals surface area contributed by atoms with Crippen molar-refractivity contribution >= 4 is 0 Å². The third kappa shape index (κ3) is 2.66. The van der Waals surface area contributed by atoms with Crippen LogP contribution in [0.3, 0.4) is 0 Å². The number of imidazole rings is 1. The first-order valence-electron chi connectivity index (χ1n) is 9.14. The van der Waals surface area contributed by atoms with Gasteiger partial charge in [0.25, 0.3) is 0 Å². The fourth-order valence-electron chi connectivity index (χ4n) is 3.81. The smallest absolute Gasteiger partial charge is 0.143 e. The number of benzene rings is 2. The van der Waals surface area contributed by atoms with Gasteiger partial charge in [-0.15, -0.1) is 0 Å². The molecule has 2 aromatic carbocycles. The Labute approximate surface area is 157 Å². The first kappa shape index (κ1) is 16.0. The van der Waals surface area contributed by atoms with Crippen LogP contribution in [0.15, 0.2) is 73.1 Å². The van der Waals surface area contributed by atoms with Gasteiger partial charge in [0.05, 0.1) is 18.0 Å². The maximum absolute atomic E-state index is 9.35. The Hall–Kier alpha value is -3.24. The van der Waals surface area contributed by atoms with Gasteiger partial charge in [-0.3, -0.25) is 4.98 Å². The van der Waals surface area contributed by atoms with Gasteiger partial charge < -0.3 is 9.67 Å². The number of rotatable bonds is 3. The Balaban J connectivity index is 1.77. The number of nitrogens with zero attached hydrogens (tertiary/aromatic N) is 3. The van der Waals surface area contributed by atoms with Gasteiger partial charge in [0.15, 0.2) is 0 Å². The number of aryl methyl sites for hydroxylation is 1. The van der Waals surface area contributed by atoms with Crippen LogP contribution in [0.25, 0.3) is 33.9 Å². The van der Waals surface area contributed by atoms with E-state index in [1.165, 1.54) is 5.56 Å². The van der Waals surface area contributed by atoms with Crippen molar-refractivity contribution in [2.24, 2.45) is 0 Å². The van der Waals surface area contributed by atoms with Gasteiger partial charge in [-0.05, 0) is 23.6 Å². The maximum Gasteiger partial charge on any atom is 0.143 e. The Morgan fingerprint density at radius 1 is 0.926 bits per heavy atom. The normalized spacial score (nSPS) is 12.5. The van der Waals surface area contributed by atoms with Gasteiger partial charge in [0, 0.05) is 35.6 Å². The van der Waals surface area contributed by atoms with E-state index in [1.807, 2.05) is 42.7 Å². The maximum atomic E-state index is 9.35. The molecule has 0 unspecified atom stereocenters. The van der Waals surface area contributed by atoms with E-state index < -0.39 is 0 Å². The van der Waals surface area contributed by atoms with Crippen LogP contribution < -0.4 is 0 Å². The fraction of sp³-hybridized carbons (Fsp3) is 0.130. The summed E-state index contributed by atoms with van der Waals surface area (Å²) in [6, 6.07) is 20.5. The van der Waals surface area contributed by atoms with Gasteiger partial charge in [0.2, 0.25) is 0 Å². The van der Waals surface area contributed by atoms with Crippen LogP contribution in [-0.4, -0.2) is 19.6 Å². The second-order valence-electron chi connectivity index (χ2n) is 6.79. The number of aromatic nitrogens is 3. The van der Waals surface area contributed by atoms with E-state index in [1.54, 1.807) is 0 Å². The van der Waals surface area contributed by atoms with Crippen molar-refractivity contribution in [1.82, 2.24) is 14.5 Å². The molecule has 0 spiro atoms. The topological polar surface area (TPSA) is 50.9 Å². The number of aliphatic hydroxyl groups is 1. The molecule has 0 radical (unpaired) electrons. The third-order valence-electron chi connectivity index (χ3n) is 5.18. The number of fused-ring (bicyclic) bond motifs is 3. The van der Waals surface area contributed by atoms with E-state index in [9.17, 15) is 5.11 Å². The minimum atomic E-state index is 0.0462. The molecule has 1 aliphatic rings. The van der Waals surface area contributed by atoms with Gasteiger partial charge in [-0.25, -0.2) is 4.98 Å². The predicted octanol–water partition coefficient (Wildman–Crippen LogP) is 4.33. The Morgan fingerprint density at radius 2 is 1.74 bits per heavy atom. The predicted molar refractivity (Wildman–Crippen MR) is 106 cm³/mol. The van der Waals surface area contributed by atoms with E-state index in [0.717, 1.165) is 52.4 Å².